The number of hydrogen-bond acceptors (Lipinski definition) is 4. The molecule has 20 rings (SSSR count). The van der Waals surface area contributed by atoms with Crippen LogP contribution in [0.5, 0.6) is 11.5 Å². The number of aromatic nitrogens is 5. The Bertz CT molecular complexity index is 6450. The minimum atomic E-state index is -0.0632. The maximum atomic E-state index is 7.11. The second-order valence-corrected chi connectivity index (χ2v) is 26.4. The van der Waals surface area contributed by atoms with Crippen LogP contribution in [0.25, 0.3) is 177 Å². The average Bonchev–Trinajstić information content (AvgIpc) is 1.54. The van der Waals surface area contributed by atoms with Gasteiger partial charge in [-0.15, -0.1) is 0 Å². The fourth-order valence-corrected chi connectivity index (χ4v) is 15.3. The molecule has 6 aromatic heterocycles. The maximum absolute atomic E-state index is 7.11. The topological polar surface area (TPSA) is 67.1 Å². The Morgan fingerprint density at radius 1 is 0.365 bits per heavy atom. The van der Waals surface area contributed by atoms with E-state index in [4.69, 9.17) is 18.6 Å². The highest BCUT2D eigenvalue weighted by Crippen LogP contribution is 2.49. The number of benzene rings is 13. The van der Waals surface area contributed by atoms with E-state index in [1.807, 2.05) is 36.5 Å². The Hall–Kier alpha value is -12.5. The molecule has 0 spiro atoms. The van der Waals surface area contributed by atoms with E-state index in [9.17, 15) is 0 Å². The third-order valence-electron chi connectivity index (χ3n) is 19.8. The summed E-state index contributed by atoms with van der Waals surface area (Å²) in [5.41, 5.74) is 24.5. The molecule has 0 radical (unpaired) electrons. The van der Waals surface area contributed by atoms with Crippen LogP contribution in [0, 0.1) is 6.33 Å². The number of furan rings is 2. The summed E-state index contributed by atoms with van der Waals surface area (Å²) >= 11 is 0. The summed E-state index contributed by atoms with van der Waals surface area (Å²) in [6, 6.07) is 103. The fourth-order valence-electron chi connectivity index (χ4n) is 15.3. The maximum Gasteiger partial charge on any atom is 0.269 e. The normalized spacial score (nSPS) is 12.3. The van der Waals surface area contributed by atoms with Crippen LogP contribution in [0.1, 0.15) is 26.3 Å². The molecule has 0 N–H and O–H groups in total. The van der Waals surface area contributed by atoms with Crippen molar-refractivity contribution in [3.8, 4) is 90.0 Å². The highest BCUT2D eigenvalue weighted by molar-refractivity contribution is 6.13. The van der Waals surface area contributed by atoms with Crippen LogP contribution in [0.15, 0.2) is 300 Å². The quantitative estimate of drug-likeness (QED) is 0.118. The van der Waals surface area contributed by atoms with Crippen LogP contribution in [0.3, 0.4) is 0 Å². The monoisotopic (exact) mass is 1230 g/mol. The van der Waals surface area contributed by atoms with Crippen molar-refractivity contribution in [2.75, 3.05) is 0 Å². The van der Waals surface area contributed by atoms with E-state index < -0.39 is 0 Å². The number of ether oxygens (including phenoxy) is 1. The van der Waals surface area contributed by atoms with Gasteiger partial charge in [0.15, 0.2) is 0 Å². The van der Waals surface area contributed by atoms with Gasteiger partial charge in [-0.05, 0) is 182 Å². The summed E-state index contributed by atoms with van der Waals surface area (Å²) in [5, 5.41) is 8.95. The van der Waals surface area contributed by atoms with E-state index in [0.717, 1.165) is 166 Å². The van der Waals surface area contributed by atoms with E-state index in [1.54, 1.807) is 0 Å². The van der Waals surface area contributed by atoms with Crippen LogP contribution in [-0.4, -0.2) is 18.7 Å². The zero-order chi connectivity index (χ0) is 63.5. The lowest BCUT2D eigenvalue weighted by atomic mass is 9.86. The minimum absolute atomic E-state index is 0.0632. The molecule has 8 nitrogen and oxygen atoms in total. The highest BCUT2D eigenvalue weighted by atomic mass is 16.5. The van der Waals surface area contributed by atoms with Gasteiger partial charge in [0.25, 0.3) is 6.33 Å². The van der Waals surface area contributed by atoms with E-state index in [1.165, 1.54) is 16.3 Å². The van der Waals surface area contributed by atoms with E-state index in [-0.39, 0.29) is 5.41 Å². The summed E-state index contributed by atoms with van der Waals surface area (Å²) in [4.78, 5) is 4.99. The van der Waals surface area contributed by atoms with Gasteiger partial charge >= 0.3 is 0 Å². The van der Waals surface area contributed by atoms with Gasteiger partial charge in [0.2, 0.25) is 0 Å². The molecule has 0 unspecified atom stereocenters. The van der Waals surface area contributed by atoms with Crippen LogP contribution >= 0.6 is 0 Å². The Morgan fingerprint density at radius 2 is 0.896 bits per heavy atom. The van der Waals surface area contributed by atoms with Crippen molar-refractivity contribution in [1.29, 1.82) is 0 Å². The first-order valence-electron chi connectivity index (χ1n) is 32.7. The van der Waals surface area contributed by atoms with Gasteiger partial charge in [-0.2, -0.15) is 0 Å². The zero-order valence-corrected chi connectivity index (χ0v) is 52.7. The van der Waals surface area contributed by atoms with Crippen molar-refractivity contribution in [3.05, 3.63) is 303 Å². The van der Waals surface area contributed by atoms with Crippen molar-refractivity contribution in [1.82, 2.24) is 18.7 Å². The number of fused-ring (bicyclic) bond motifs is 19. The number of imidazole rings is 1. The number of pyridine rings is 1. The lowest BCUT2D eigenvalue weighted by Crippen LogP contribution is -2.32. The average molecular weight is 1230 g/mol. The predicted octanol–water partition coefficient (Wildman–Crippen LogP) is 22.8. The number of para-hydroxylation sites is 6. The molecular weight excluding hydrogens is 1170 g/mol. The van der Waals surface area contributed by atoms with E-state index >= 15 is 0 Å². The lowest BCUT2D eigenvalue weighted by molar-refractivity contribution is -0.571. The van der Waals surface area contributed by atoms with Gasteiger partial charge in [0.1, 0.15) is 39.6 Å². The molecule has 0 fully saturated rings. The largest absolute Gasteiger partial charge is 0.458 e. The SMILES string of the molecule is CC(C)(C)c1ccnc(-n2c3ccccc3c3ccc(Oc4cccc(-n5[c-][n+]6c7c(cc(-c8ccc9oc%10ccccc%10c9c8)cc75)-c5ccccc5-c5ccc(-c7ccc8oc9ccccc9c8c7)cc5-c5cccc(-n7c8ccccc8c8ccccc87)c5-6)c4)cc32)c1. The van der Waals surface area contributed by atoms with Crippen LogP contribution < -0.4 is 9.30 Å². The molecular formula is C88H57N5O3. The van der Waals surface area contributed by atoms with Crippen molar-refractivity contribution in [2.45, 2.75) is 26.2 Å². The molecule has 0 aliphatic carbocycles. The molecule has 0 saturated carbocycles. The van der Waals surface area contributed by atoms with Crippen LogP contribution in [-0.2, 0) is 5.41 Å². The van der Waals surface area contributed by atoms with E-state index in [2.05, 4.69) is 300 Å². The van der Waals surface area contributed by atoms with Crippen LogP contribution in [0.4, 0.5) is 0 Å². The van der Waals surface area contributed by atoms with Crippen molar-refractivity contribution in [2.24, 2.45) is 0 Å². The summed E-state index contributed by atoms with van der Waals surface area (Å²) in [7, 11) is 0. The third-order valence-corrected chi connectivity index (χ3v) is 19.8. The Balaban J connectivity index is 0.853. The second-order valence-electron chi connectivity index (χ2n) is 26.4. The van der Waals surface area contributed by atoms with Gasteiger partial charge in [0, 0.05) is 55.4 Å². The van der Waals surface area contributed by atoms with Crippen molar-refractivity contribution >= 4 is 98.5 Å². The highest BCUT2D eigenvalue weighted by Gasteiger charge is 2.30. The predicted molar refractivity (Wildman–Crippen MR) is 391 cm³/mol. The third kappa shape index (κ3) is 8.21. The molecule has 0 amide bonds. The number of rotatable bonds is 7. The van der Waals surface area contributed by atoms with Crippen molar-refractivity contribution < 1.29 is 18.1 Å². The molecule has 7 heterocycles. The van der Waals surface area contributed by atoms with Gasteiger partial charge in [0.05, 0.1) is 50.2 Å². The first-order chi connectivity index (χ1) is 47.2. The Morgan fingerprint density at radius 3 is 1.58 bits per heavy atom. The molecule has 13 aromatic carbocycles. The van der Waals surface area contributed by atoms with Gasteiger partial charge in [-0.25, -0.2) is 4.98 Å². The molecule has 19 aromatic rings. The molecule has 8 heteroatoms. The summed E-state index contributed by atoms with van der Waals surface area (Å²) in [6.07, 6.45) is 6.09. The lowest BCUT2D eigenvalue weighted by Gasteiger charge is -2.21. The smallest absolute Gasteiger partial charge is 0.269 e. The number of nitrogens with zero attached hydrogens (tertiary/aromatic N) is 5. The molecule has 452 valence electrons. The molecule has 0 atom stereocenters. The fraction of sp³-hybridized carbons (Fsp3) is 0.0455. The Labute approximate surface area is 551 Å². The van der Waals surface area contributed by atoms with Gasteiger partial charge in [-0.1, -0.05) is 185 Å². The van der Waals surface area contributed by atoms with Crippen LogP contribution in [0.2, 0.25) is 0 Å². The minimum Gasteiger partial charge on any atom is -0.458 e. The first kappa shape index (κ1) is 54.1. The number of hydrogen-bond donors (Lipinski definition) is 0. The molecule has 1 aliphatic rings. The summed E-state index contributed by atoms with van der Waals surface area (Å²) < 4.78 is 29.3. The second kappa shape index (κ2) is 20.5. The molecule has 0 bridgehead atoms. The van der Waals surface area contributed by atoms with Gasteiger partial charge in [-0.3, -0.25) is 13.7 Å². The van der Waals surface area contributed by atoms with E-state index in [0.29, 0.717) is 11.5 Å². The Kier molecular flexibility index (Phi) is 11.5. The first-order valence-corrected chi connectivity index (χ1v) is 32.7. The summed E-state index contributed by atoms with van der Waals surface area (Å²) in [5.74, 6) is 2.25. The zero-order valence-electron chi connectivity index (χ0n) is 52.7. The standard InChI is InChI=1S/C88H57N5O3/c1-88(2,3)57-42-43-89-85(49-57)93-77-30-13-8-24-66(77)67-39-37-60(51-79(67)93)94-59-19-16-18-58(50-59)90-52-91-86-70(27-17-31-78(86)92-75-28-11-6-22-64(75)65-23-7-12-29-76(65)92)71-44-53(54-35-40-83-72(45-54)68-25-9-14-32-81(68)95-83)34-38-63(71)61-20-4-5-21-62(61)74-47-56(48-80(90)87(74)91)55-36-41-84-73(46-55)69-26-10-15-33-82(69)96-84/h4-51H,1-3H3. The van der Waals surface area contributed by atoms with Crippen molar-refractivity contribution in [3.63, 3.8) is 0 Å². The summed E-state index contributed by atoms with van der Waals surface area (Å²) in [6.45, 7) is 6.73. The molecule has 96 heavy (non-hydrogen) atoms. The molecule has 0 saturated heterocycles. The van der Waals surface area contributed by atoms with Gasteiger partial charge < -0.3 is 18.1 Å². The molecule has 1 aliphatic heterocycles.